The van der Waals surface area contributed by atoms with Crippen molar-refractivity contribution in [3.05, 3.63) is 29.3 Å². The lowest BCUT2D eigenvalue weighted by Crippen LogP contribution is -2.27. The fourth-order valence-electron chi connectivity index (χ4n) is 2.21. The molecule has 0 aromatic heterocycles. The average molecular weight is 263 g/mol. The van der Waals surface area contributed by atoms with Gasteiger partial charge in [0.15, 0.2) is 11.6 Å². The van der Waals surface area contributed by atoms with Crippen molar-refractivity contribution < 1.29 is 22.3 Å². The molecule has 100 valence electrons. The summed E-state index contributed by atoms with van der Waals surface area (Å²) in [7, 11) is 0. The molecular formula is C12H13F4NO. The molecule has 0 bridgehead atoms. The Morgan fingerprint density at radius 2 is 1.83 bits per heavy atom. The SMILES string of the molecule is Fc1ccc(C2CCNCC2)c(OC(F)F)c1F. The van der Waals surface area contributed by atoms with Gasteiger partial charge in [0.2, 0.25) is 5.82 Å². The molecule has 6 heteroatoms. The highest BCUT2D eigenvalue weighted by Crippen LogP contribution is 2.36. The second-order valence-corrected chi connectivity index (χ2v) is 4.18. The van der Waals surface area contributed by atoms with Crippen LogP contribution in [0.25, 0.3) is 0 Å². The predicted octanol–water partition coefficient (Wildman–Crippen LogP) is 3.03. The lowest BCUT2D eigenvalue weighted by atomic mass is 9.89. The van der Waals surface area contributed by atoms with Gasteiger partial charge in [-0.3, -0.25) is 0 Å². The second-order valence-electron chi connectivity index (χ2n) is 4.18. The van der Waals surface area contributed by atoms with Crippen LogP contribution < -0.4 is 10.1 Å². The summed E-state index contributed by atoms with van der Waals surface area (Å²) in [6, 6.07) is 2.27. The number of nitrogens with one attached hydrogen (secondary N) is 1. The van der Waals surface area contributed by atoms with Gasteiger partial charge in [0.25, 0.3) is 0 Å². The monoisotopic (exact) mass is 263 g/mol. The molecule has 0 aliphatic carbocycles. The highest BCUT2D eigenvalue weighted by molar-refractivity contribution is 5.38. The maximum Gasteiger partial charge on any atom is 0.387 e. The highest BCUT2D eigenvalue weighted by atomic mass is 19.3. The quantitative estimate of drug-likeness (QED) is 0.846. The molecule has 2 rings (SSSR count). The molecule has 1 aromatic carbocycles. The van der Waals surface area contributed by atoms with Crippen LogP contribution in [0.1, 0.15) is 24.3 Å². The van der Waals surface area contributed by atoms with Crippen molar-refractivity contribution >= 4 is 0 Å². The molecule has 18 heavy (non-hydrogen) atoms. The molecule has 1 fully saturated rings. The topological polar surface area (TPSA) is 21.3 Å². The van der Waals surface area contributed by atoms with Crippen molar-refractivity contribution in [3.63, 3.8) is 0 Å². The summed E-state index contributed by atoms with van der Waals surface area (Å²) in [5.74, 6) is -3.26. The van der Waals surface area contributed by atoms with E-state index in [0.717, 1.165) is 19.2 Å². The number of alkyl halides is 2. The van der Waals surface area contributed by atoms with Gasteiger partial charge in [0.05, 0.1) is 0 Å². The molecule has 0 saturated carbocycles. The van der Waals surface area contributed by atoms with Crippen LogP contribution in [-0.2, 0) is 0 Å². The number of piperidine rings is 1. The molecule has 0 amide bonds. The number of rotatable bonds is 3. The number of benzene rings is 1. The van der Waals surface area contributed by atoms with Gasteiger partial charge in [0.1, 0.15) is 0 Å². The number of hydrogen-bond acceptors (Lipinski definition) is 2. The van der Waals surface area contributed by atoms with Crippen molar-refractivity contribution in [2.45, 2.75) is 25.4 Å². The Bertz CT molecular complexity index is 419. The lowest BCUT2D eigenvalue weighted by molar-refractivity contribution is -0.0534. The van der Waals surface area contributed by atoms with E-state index in [9.17, 15) is 17.6 Å². The average Bonchev–Trinajstić information content (AvgIpc) is 2.36. The van der Waals surface area contributed by atoms with Crippen molar-refractivity contribution in [2.75, 3.05) is 13.1 Å². The molecule has 2 nitrogen and oxygen atoms in total. The largest absolute Gasteiger partial charge is 0.431 e. The number of hydrogen-bond donors (Lipinski definition) is 1. The molecule has 0 radical (unpaired) electrons. The summed E-state index contributed by atoms with van der Waals surface area (Å²) in [6.07, 6.45) is 1.37. The first-order valence-electron chi connectivity index (χ1n) is 5.73. The maximum atomic E-state index is 13.5. The maximum absolute atomic E-state index is 13.5. The minimum Gasteiger partial charge on any atom is -0.431 e. The van der Waals surface area contributed by atoms with E-state index in [1.54, 1.807) is 0 Å². The smallest absolute Gasteiger partial charge is 0.387 e. The molecule has 1 aliphatic heterocycles. The van der Waals surface area contributed by atoms with E-state index in [2.05, 4.69) is 10.1 Å². The van der Waals surface area contributed by atoms with Crippen molar-refractivity contribution in [2.24, 2.45) is 0 Å². The van der Waals surface area contributed by atoms with Crippen LogP contribution in [0.15, 0.2) is 12.1 Å². The van der Waals surface area contributed by atoms with Crippen LogP contribution in [0.3, 0.4) is 0 Å². The summed E-state index contributed by atoms with van der Waals surface area (Å²) >= 11 is 0. The fraction of sp³-hybridized carbons (Fsp3) is 0.500. The number of ether oxygens (including phenoxy) is 1. The fourth-order valence-corrected chi connectivity index (χ4v) is 2.21. The van der Waals surface area contributed by atoms with Crippen LogP contribution in [0.5, 0.6) is 5.75 Å². The van der Waals surface area contributed by atoms with Gasteiger partial charge in [-0.25, -0.2) is 4.39 Å². The number of halogens is 4. The Kier molecular flexibility index (Phi) is 4.06. The summed E-state index contributed by atoms with van der Waals surface area (Å²) in [5.41, 5.74) is 0.315. The first-order chi connectivity index (χ1) is 8.59. The van der Waals surface area contributed by atoms with Gasteiger partial charge in [0, 0.05) is 5.56 Å². The summed E-state index contributed by atoms with van der Waals surface area (Å²) in [6.45, 7) is -1.72. The Hall–Kier alpha value is -1.30. The van der Waals surface area contributed by atoms with Gasteiger partial charge in [-0.2, -0.15) is 13.2 Å². The molecule has 0 unspecified atom stereocenters. The van der Waals surface area contributed by atoms with Crippen molar-refractivity contribution in [1.29, 1.82) is 0 Å². The van der Waals surface area contributed by atoms with E-state index in [0.29, 0.717) is 18.4 Å². The van der Waals surface area contributed by atoms with Crippen LogP contribution in [0, 0.1) is 11.6 Å². The predicted molar refractivity (Wildman–Crippen MR) is 57.8 cm³/mol. The van der Waals surface area contributed by atoms with Gasteiger partial charge < -0.3 is 10.1 Å². The molecule has 1 aromatic rings. The zero-order valence-corrected chi connectivity index (χ0v) is 9.56. The van der Waals surface area contributed by atoms with Gasteiger partial charge in [-0.1, -0.05) is 6.07 Å². The molecule has 1 N–H and O–H groups in total. The van der Waals surface area contributed by atoms with Crippen LogP contribution in [-0.4, -0.2) is 19.7 Å². The molecule has 1 heterocycles. The van der Waals surface area contributed by atoms with E-state index >= 15 is 0 Å². The van der Waals surface area contributed by atoms with E-state index in [-0.39, 0.29) is 5.92 Å². The van der Waals surface area contributed by atoms with Crippen LogP contribution in [0.4, 0.5) is 17.6 Å². The van der Waals surface area contributed by atoms with Gasteiger partial charge >= 0.3 is 6.61 Å². The molecular weight excluding hydrogens is 250 g/mol. The van der Waals surface area contributed by atoms with E-state index in [4.69, 9.17) is 0 Å². The van der Waals surface area contributed by atoms with E-state index in [1.165, 1.54) is 6.07 Å². The molecule has 0 spiro atoms. The van der Waals surface area contributed by atoms with E-state index in [1.807, 2.05) is 0 Å². The van der Waals surface area contributed by atoms with Gasteiger partial charge in [-0.05, 0) is 37.9 Å². The minimum absolute atomic E-state index is 0.0879. The molecule has 0 atom stereocenters. The standard InChI is InChI=1S/C12H13F4NO/c13-9-2-1-8(7-3-5-17-6-4-7)11(10(9)14)18-12(15)16/h1-2,7,12,17H,3-6H2. The first-order valence-corrected chi connectivity index (χ1v) is 5.73. The zero-order chi connectivity index (χ0) is 13.1. The van der Waals surface area contributed by atoms with E-state index < -0.39 is 24.0 Å². The minimum atomic E-state index is -3.17. The summed E-state index contributed by atoms with van der Waals surface area (Å²) in [4.78, 5) is 0. The van der Waals surface area contributed by atoms with Gasteiger partial charge in [-0.15, -0.1) is 0 Å². The third-order valence-electron chi connectivity index (χ3n) is 3.07. The van der Waals surface area contributed by atoms with Crippen molar-refractivity contribution in [1.82, 2.24) is 5.32 Å². The highest BCUT2D eigenvalue weighted by Gasteiger charge is 2.25. The third kappa shape index (κ3) is 2.75. The van der Waals surface area contributed by atoms with Crippen LogP contribution in [0.2, 0.25) is 0 Å². The Labute approximate surface area is 102 Å². The van der Waals surface area contributed by atoms with Crippen molar-refractivity contribution in [3.8, 4) is 5.75 Å². The lowest BCUT2D eigenvalue weighted by Gasteiger charge is -2.25. The molecule has 1 saturated heterocycles. The Balaban J connectivity index is 2.35. The summed E-state index contributed by atoms with van der Waals surface area (Å²) in [5, 5.41) is 3.11. The second kappa shape index (κ2) is 5.56. The normalized spacial score (nSPS) is 17.2. The first kappa shape index (κ1) is 13.1. The Morgan fingerprint density at radius 1 is 1.17 bits per heavy atom. The Morgan fingerprint density at radius 3 is 2.44 bits per heavy atom. The molecule has 1 aliphatic rings. The zero-order valence-electron chi connectivity index (χ0n) is 9.56. The van der Waals surface area contributed by atoms with Crippen LogP contribution >= 0.6 is 0 Å². The third-order valence-corrected chi connectivity index (χ3v) is 3.07. The summed E-state index contributed by atoms with van der Waals surface area (Å²) < 4.78 is 55.2.